The monoisotopic (exact) mass is 652 g/mol. The van der Waals surface area contributed by atoms with Crippen molar-refractivity contribution in [3.8, 4) is 5.75 Å². The lowest BCUT2D eigenvalue weighted by atomic mass is 10.0. The molecule has 0 saturated carbocycles. The number of rotatable bonds is 10. The molecule has 2 heterocycles. The van der Waals surface area contributed by atoms with Gasteiger partial charge in [0, 0.05) is 36.0 Å². The molecule has 4 aromatic carbocycles. The molecular weight excluding hydrogens is 620 g/mol. The lowest BCUT2D eigenvalue weighted by molar-refractivity contribution is -0.139. The molecule has 2 aliphatic rings. The van der Waals surface area contributed by atoms with Crippen LogP contribution in [-0.2, 0) is 25.7 Å². The van der Waals surface area contributed by atoms with Crippen LogP contribution in [-0.4, -0.2) is 68.4 Å². The second kappa shape index (κ2) is 14.1. The summed E-state index contributed by atoms with van der Waals surface area (Å²) in [7, 11) is 1.56. The quantitative estimate of drug-likeness (QED) is 0.237. The van der Waals surface area contributed by atoms with Crippen LogP contribution in [0.4, 0.5) is 17.1 Å². The van der Waals surface area contributed by atoms with E-state index >= 15 is 0 Å². The molecule has 10 nitrogen and oxygen atoms in total. The predicted octanol–water partition coefficient (Wildman–Crippen LogP) is 5.12. The smallest absolute Gasteiger partial charge is 0.299 e. The third-order valence-electron chi connectivity index (χ3n) is 8.26. The number of methoxy groups -OCH3 is 1. The molecule has 0 bridgehead atoms. The second-order valence-electron chi connectivity index (χ2n) is 11.2. The van der Waals surface area contributed by atoms with Crippen molar-refractivity contribution in [2.45, 2.75) is 12.6 Å². The Kier molecular flexibility index (Phi) is 9.51. The fraction of sp³-hybridized carbons (Fsp3) is 0.222. The molecular formula is C36H33ClN4O6. The average Bonchev–Trinajstić information content (AvgIpc) is 3.34. The number of para-hydroxylation sites is 1. The first-order valence-corrected chi connectivity index (χ1v) is 15.6. The maximum absolute atomic E-state index is 14.3. The molecule has 1 N–H and O–H groups in total. The third kappa shape index (κ3) is 6.98. The van der Waals surface area contributed by atoms with E-state index < -0.39 is 36.1 Å². The Morgan fingerprint density at radius 3 is 2.28 bits per heavy atom. The number of nitrogens with zero attached hydrogens (tertiary/aromatic N) is 3. The summed E-state index contributed by atoms with van der Waals surface area (Å²) in [5, 5.41) is 3.46. The van der Waals surface area contributed by atoms with Gasteiger partial charge in [0.1, 0.15) is 18.3 Å². The minimum Gasteiger partial charge on any atom is -0.497 e. The molecule has 1 saturated heterocycles. The molecule has 47 heavy (non-hydrogen) atoms. The molecule has 4 aromatic rings. The topological polar surface area (TPSA) is 108 Å². The van der Waals surface area contributed by atoms with Crippen molar-refractivity contribution in [3.63, 3.8) is 0 Å². The van der Waals surface area contributed by atoms with E-state index in [1.165, 1.54) is 9.80 Å². The van der Waals surface area contributed by atoms with Gasteiger partial charge in [-0.3, -0.25) is 24.1 Å². The summed E-state index contributed by atoms with van der Waals surface area (Å²) in [6.07, 6.45) is 0. The van der Waals surface area contributed by atoms with Crippen molar-refractivity contribution >= 4 is 52.2 Å². The first kappa shape index (κ1) is 31.8. The summed E-state index contributed by atoms with van der Waals surface area (Å²) >= 11 is 6.22. The SMILES string of the molecule is COc1ccc(CN(C(=O)CN2C(=O)C(=O)c3ccccc32)C(C(=O)Nc2ccc(N3CCOCC3)cc2)c2ccc(Cl)cc2)cc1. The molecule has 6 rings (SSSR count). The molecule has 1 atom stereocenters. The number of hydrogen-bond donors (Lipinski definition) is 1. The summed E-state index contributed by atoms with van der Waals surface area (Å²) in [5.41, 5.74) is 3.40. The van der Waals surface area contributed by atoms with Crippen molar-refractivity contribution in [2.75, 3.05) is 55.1 Å². The van der Waals surface area contributed by atoms with Gasteiger partial charge in [-0.05, 0) is 71.8 Å². The van der Waals surface area contributed by atoms with Crippen LogP contribution in [0.3, 0.4) is 0 Å². The van der Waals surface area contributed by atoms with Crippen molar-refractivity contribution in [1.29, 1.82) is 0 Å². The fourth-order valence-electron chi connectivity index (χ4n) is 5.79. The van der Waals surface area contributed by atoms with Crippen molar-refractivity contribution in [3.05, 3.63) is 119 Å². The van der Waals surface area contributed by atoms with Crippen molar-refractivity contribution in [1.82, 2.24) is 4.90 Å². The summed E-state index contributed by atoms with van der Waals surface area (Å²) in [6.45, 7) is 2.45. The number of fused-ring (bicyclic) bond motifs is 1. The number of halogens is 1. The number of hydrogen-bond acceptors (Lipinski definition) is 7. The van der Waals surface area contributed by atoms with E-state index in [0.29, 0.717) is 40.9 Å². The Hall–Kier alpha value is -5.19. The van der Waals surface area contributed by atoms with E-state index in [1.807, 2.05) is 24.3 Å². The summed E-state index contributed by atoms with van der Waals surface area (Å²) in [4.78, 5) is 59.1. The zero-order valence-electron chi connectivity index (χ0n) is 25.7. The minimum atomic E-state index is -1.12. The van der Waals surface area contributed by atoms with E-state index in [4.69, 9.17) is 21.1 Å². The van der Waals surface area contributed by atoms with E-state index in [-0.39, 0.29) is 12.1 Å². The molecule has 3 amide bonds. The number of benzene rings is 4. The van der Waals surface area contributed by atoms with Gasteiger partial charge in [0.2, 0.25) is 5.91 Å². The number of anilines is 3. The predicted molar refractivity (Wildman–Crippen MR) is 179 cm³/mol. The largest absolute Gasteiger partial charge is 0.497 e. The standard InChI is InChI=1S/C36H33ClN4O6/c1-46-29-16-6-24(7-17-29)22-41(32(42)23-40-31-5-3-2-4-30(31)34(43)36(40)45)33(25-8-10-26(37)11-9-25)35(44)38-27-12-14-28(15-13-27)39-18-20-47-21-19-39/h2-17,33H,18-23H2,1H3,(H,38,44). The number of morpholine rings is 1. The van der Waals surface area contributed by atoms with Gasteiger partial charge in [0.25, 0.3) is 17.6 Å². The molecule has 0 spiro atoms. The summed E-state index contributed by atoms with van der Waals surface area (Å²) in [6, 6.07) is 26.8. The minimum absolute atomic E-state index is 0.0249. The summed E-state index contributed by atoms with van der Waals surface area (Å²) in [5.74, 6) is -1.83. The van der Waals surface area contributed by atoms with Crippen molar-refractivity contribution in [2.24, 2.45) is 0 Å². The molecule has 0 radical (unpaired) electrons. The molecule has 2 aliphatic heterocycles. The lowest BCUT2D eigenvalue weighted by Gasteiger charge is -2.33. The van der Waals surface area contributed by atoms with Gasteiger partial charge in [-0.1, -0.05) is 48.0 Å². The zero-order chi connectivity index (χ0) is 32.9. The molecule has 1 unspecified atom stereocenters. The van der Waals surface area contributed by atoms with Crippen LogP contribution >= 0.6 is 11.6 Å². The van der Waals surface area contributed by atoms with Crippen LogP contribution in [0.25, 0.3) is 0 Å². The van der Waals surface area contributed by atoms with Gasteiger partial charge in [-0.25, -0.2) is 0 Å². The summed E-state index contributed by atoms with van der Waals surface area (Å²) < 4.78 is 10.8. The van der Waals surface area contributed by atoms with Crippen LogP contribution in [0.1, 0.15) is 27.5 Å². The normalized spacial score (nSPS) is 14.9. The van der Waals surface area contributed by atoms with Crippen LogP contribution in [0, 0.1) is 0 Å². The molecule has 240 valence electrons. The number of carbonyl (C=O) groups excluding carboxylic acids is 4. The third-order valence-corrected chi connectivity index (χ3v) is 8.51. The maximum atomic E-state index is 14.3. The molecule has 1 fully saturated rings. The van der Waals surface area contributed by atoms with Gasteiger partial charge < -0.3 is 24.6 Å². The van der Waals surface area contributed by atoms with E-state index in [1.54, 1.807) is 79.9 Å². The highest BCUT2D eigenvalue weighted by Crippen LogP contribution is 2.31. The Balaban J connectivity index is 1.34. The average molecular weight is 653 g/mol. The van der Waals surface area contributed by atoms with Gasteiger partial charge >= 0.3 is 0 Å². The number of ether oxygens (including phenoxy) is 2. The number of Topliss-reactive ketones (excluding diaryl/α,β-unsaturated/α-hetero) is 1. The second-order valence-corrected chi connectivity index (χ2v) is 11.6. The van der Waals surface area contributed by atoms with Crippen molar-refractivity contribution < 1.29 is 28.7 Å². The highest BCUT2D eigenvalue weighted by Gasteiger charge is 2.39. The highest BCUT2D eigenvalue weighted by molar-refractivity contribution is 6.52. The van der Waals surface area contributed by atoms with Crippen LogP contribution in [0.5, 0.6) is 5.75 Å². The van der Waals surface area contributed by atoms with Gasteiger partial charge in [-0.2, -0.15) is 0 Å². The number of ketones is 1. The Labute approximate surface area is 277 Å². The first-order chi connectivity index (χ1) is 22.8. The maximum Gasteiger partial charge on any atom is 0.299 e. The zero-order valence-corrected chi connectivity index (χ0v) is 26.5. The van der Waals surface area contributed by atoms with Gasteiger partial charge in [0.05, 0.1) is 31.6 Å². The van der Waals surface area contributed by atoms with Gasteiger partial charge in [-0.15, -0.1) is 0 Å². The Morgan fingerprint density at radius 1 is 0.915 bits per heavy atom. The van der Waals surface area contributed by atoms with E-state index in [2.05, 4.69) is 10.2 Å². The highest BCUT2D eigenvalue weighted by atomic mass is 35.5. The van der Waals surface area contributed by atoms with Crippen LogP contribution < -0.4 is 19.9 Å². The molecule has 11 heteroatoms. The molecule has 0 aromatic heterocycles. The Bertz CT molecular complexity index is 1770. The van der Waals surface area contributed by atoms with Gasteiger partial charge in [0.15, 0.2) is 0 Å². The lowest BCUT2D eigenvalue weighted by Crippen LogP contribution is -2.46. The Morgan fingerprint density at radius 2 is 1.60 bits per heavy atom. The number of amides is 3. The first-order valence-electron chi connectivity index (χ1n) is 15.2. The van der Waals surface area contributed by atoms with E-state index in [9.17, 15) is 19.2 Å². The van der Waals surface area contributed by atoms with Crippen LogP contribution in [0.2, 0.25) is 5.02 Å². The fourth-order valence-corrected chi connectivity index (χ4v) is 5.91. The number of nitrogens with one attached hydrogen (secondary N) is 1. The number of carbonyl (C=O) groups is 4. The molecule has 0 aliphatic carbocycles. The van der Waals surface area contributed by atoms with E-state index in [0.717, 1.165) is 24.3 Å². The van der Waals surface area contributed by atoms with Crippen LogP contribution in [0.15, 0.2) is 97.1 Å².